The number of carbonyl (C=O) groups is 1. The van der Waals surface area contributed by atoms with Gasteiger partial charge in [-0.1, -0.05) is 13.8 Å². The Balaban J connectivity index is 1.83. The van der Waals surface area contributed by atoms with Crippen molar-refractivity contribution in [3.8, 4) is 17.5 Å². The summed E-state index contributed by atoms with van der Waals surface area (Å²) in [5.41, 5.74) is 1.29. The molecule has 0 bridgehead atoms. The smallest absolute Gasteiger partial charge is 0.341 e. The van der Waals surface area contributed by atoms with Crippen molar-refractivity contribution in [2.75, 3.05) is 7.11 Å². The van der Waals surface area contributed by atoms with E-state index in [1.54, 1.807) is 18.3 Å². The van der Waals surface area contributed by atoms with Crippen LogP contribution in [0.5, 0.6) is 5.75 Å². The predicted molar refractivity (Wildman–Crippen MR) is 135 cm³/mol. The molecule has 1 aliphatic rings. The largest absolute Gasteiger partial charge is 0.494 e. The van der Waals surface area contributed by atoms with E-state index >= 15 is 4.39 Å². The molecule has 2 aromatic carbocycles. The normalized spacial score (nSPS) is 20.3. The number of carboxylic acids is 1. The van der Waals surface area contributed by atoms with Crippen LogP contribution in [-0.2, 0) is 10.2 Å². The molecule has 1 saturated carbocycles. The van der Waals surface area contributed by atoms with Gasteiger partial charge in [-0.05, 0) is 61.4 Å². The second kappa shape index (κ2) is 8.87. The third-order valence-electron chi connectivity index (χ3n) is 7.69. The third-order valence-corrected chi connectivity index (χ3v) is 7.69. The Kier molecular flexibility index (Phi) is 5.94. The molecular weight excluding hydrogens is 478 g/mol. The van der Waals surface area contributed by atoms with Crippen LogP contribution >= 0.6 is 0 Å². The van der Waals surface area contributed by atoms with Gasteiger partial charge in [0, 0.05) is 40.1 Å². The number of aromatic nitrogens is 3. The van der Waals surface area contributed by atoms with Crippen molar-refractivity contribution in [2.24, 2.45) is 0 Å². The van der Waals surface area contributed by atoms with E-state index in [1.807, 2.05) is 30.5 Å². The minimum absolute atomic E-state index is 0.0888. The van der Waals surface area contributed by atoms with Crippen LogP contribution in [0.3, 0.4) is 0 Å². The number of nitrogens with one attached hydrogen (secondary N) is 1. The van der Waals surface area contributed by atoms with E-state index in [0.717, 1.165) is 33.1 Å². The third kappa shape index (κ3) is 4.01. The fraction of sp³-hybridized carbons (Fsp3) is 0.393. The zero-order chi connectivity index (χ0) is 26.5. The van der Waals surface area contributed by atoms with E-state index in [9.17, 15) is 19.6 Å². The average Bonchev–Trinajstić information content (AvgIpc) is 3.45. The number of aromatic amines is 1. The number of ether oxygens (including phenoxy) is 1. The number of aliphatic carboxylic acids is 1. The van der Waals surface area contributed by atoms with E-state index in [1.165, 1.54) is 13.2 Å². The monoisotopic (exact) mass is 506 g/mol. The molecule has 0 spiro atoms. The van der Waals surface area contributed by atoms with Gasteiger partial charge in [0.25, 0.3) is 0 Å². The fourth-order valence-electron chi connectivity index (χ4n) is 5.74. The number of halogens is 2. The molecule has 4 aromatic rings. The lowest BCUT2D eigenvalue weighted by Crippen LogP contribution is -2.37. The van der Waals surface area contributed by atoms with E-state index in [4.69, 9.17) is 4.74 Å². The van der Waals surface area contributed by atoms with Crippen molar-refractivity contribution in [1.82, 2.24) is 14.8 Å². The molecule has 192 valence electrons. The highest BCUT2D eigenvalue weighted by atomic mass is 19.1. The topological polar surface area (TPSA) is 104 Å². The number of fused-ring (bicyclic) bond motifs is 2. The van der Waals surface area contributed by atoms with E-state index in [2.05, 4.69) is 16.3 Å². The summed E-state index contributed by atoms with van der Waals surface area (Å²) in [6.07, 6.45) is 2.46. The van der Waals surface area contributed by atoms with E-state index in [0.29, 0.717) is 18.5 Å². The van der Waals surface area contributed by atoms with Crippen LogP contribution in [-0.4, -0.2) is 38.6 Å². The summed E-state index contributed by atoms with van der Waals surface area (Å²) >= 11 is 0. The van der Waals surface area contributed by atoms with Gasteiger partial charge in [-0.2, -0.15) is 10.4 Å². The average molecular weight is 507 g/mol. The maximum atomic E-state index is 15.0. The number of methoxy groups -OCH3 is 1. The van der Waals surface area contributed by atoms with Crippen LogP contribution in [0, 0.1) is 17.1 Å². The number of hydrogen-bond acceptors (Lipinski definition) is 4. The molecule has 37 heavy (non-hydrogen) atoms. The molecule has 0 aliphatic heterocycles. The number of nitriles is 1. The summed E-state index contributed by atoms with van der Waals surface area (Å²) < 4.78 is 36.7. The van der Waals surface area contributed by atoms with Gasteiger partial charge in [0.2, 0.25) is 5.67 Å². The van der Waals surface area contributed by atoms with Crippen LogP contribution in [0.4, 0.5) is 8.78 Å². The summed E-state index contributed by atoms with van der Waals surface area (Å²) in [5.74, 6) is -1.94. The van der Waals surface area contributed by atoms with Crippen molar-refractivity contribution in [1.29, 1.82) is 5.26 Å². The first-order valence-corrected chi connectivity index (χ1v) is 12.2. The van der Waals surface area contributed by atoms with Crippen LogP contribution in [0.2, 0.25) is 0 Å². The maximum absolute atomic E-state index is 15.0. The van der Waals surface area contributed by atoms with Gasteiger partial charge in [-0.3, -0.25) is 5.10 Å². The van der Waals surface area contributed by atoms with Crippen LogP contribution < -0.4 is 4.74 Å². The lowest BCUT2D eigenvalue weighted by atomic mass is 9.73. The van der Waals surface area contributed by atoms with Crippen LogP contribution in [0.25, 0.3) is 27.5 Å². The summed E-state index contributed by atoms with van der Waals surface area (Å²) in [4.78, 5) is 11.6. The summed E-state index contributed by atoms with van der Waals surface area (Å²) in [7, 11) is 1.41. The van der Waals surface area contributed by atoms with Gasteiger partial charge in [0.05, 0.1) is 30.4 Å². The summed E-state index contributed by atoms with van der Waals surface area (Å²) in [6.45, 7) is 3.97. The molecule has 1 fully saturated rings. The van der Waals surface area contributed by atoms with Gasteiger partial charge >= 0.3 is 5.97 Å². The molecule has 0 atom stereocenters. The first-order valence-electron chi connectivity index (χ1n) is 12.2. The van der Waals surface area contributed by atoms with Crippen molar-refractivity contribution in [2.45, 2.75) is 63.0 Å². The molecule has 0 saturated heterocycles. The van der Waals surface area contributed by atoms with Crippen LogP contribution in [0.15, 0.2) is 36.5 Å². The van der Waals surface area contributed by atoms with Gasteiger partial charge in [0.15, 0.2) is 11.6 Å². The number of carboxylic acid groups (broad SMARTS) is 1. The molecule has 0 radical (unpaired) electrons. The van der Waals surface area contributed by atoms with Crippen LogP contribution in [0.1, 0.15) is 63.1 Å². The molecule has 0 amide bonds. The van der Waals surface area contributed by atoms with Gasteiger partial charge in [-0.15, -0.1) is 0 Å². The number of benzene rings is 2. The SMILES string of the molecule is COc1cc(-n2c(C(C)(C)CC#N)c([C@H]3CC[C@](F)(C(=O)O)CC3)c3cc4[nH]ncc4cc32)ccc1F. The molecular formula is C28H28F2N4O3. The Hall–Kier alpha value is -3.93. The second-order valence-corrected chi connectivity index (χ2v) is 10.5. The van der Waals surface area contributed by atoms with Gasteiger partial charge < -0.3 is 14.4 Å². The van der Waals surface area contributed by atoms with E-state index < -0.39 is 22.9 Å². The molecule has 2 heterocycles. The van der Waals surface area contributed by atoms with Gasteiger partial charge in [-0.25, -0.2) is 13.6 Å². The zero-order valence-electron chi connectivity index (χ0n) is 20.9. The molecule has 2 N–H and O–H groups in total. The zero-order valence-corrected chi connectivity index (χ0v) is 20.9. The summed E-state index contributed by atoms with van der Waals surface area (Å²) in [6, 6.07) is 10.9. The first kappa shape index (κ1) is 24.8. The molecule has 2 aromatic heterocycles. The highest BCUT2D eigenvalue weighted by Crippen LogP contribution is 2.49. The highest BCUT2D eigenvalue weighted by molar-refractivity contribution is 5.99. The molecule has 7 nitrogen and oxygen atoms in total. The second-order valence-electron chi connectivity index (χ2n) is 10.5. The van der Waals surface area contributed by atoms with Crippen molar-refractivity contribution >= 4 is 27.8 Å². The predicted octanol–water partition coefficient (Wildman–Crippen LogP) is 6.30. The Morgan fingerprint density at radius 1 is 1.32 bits per heavy atom. The summed E-state index contributed by atoms with van der Waals surface area (Å²) in [5, 5.41) is 28.1. The Labute approximate surface area is 212 Å². The minimum atomic E-state index is -2.24. The van der Waals surface area contributed by atoms with Crippen molar-refractivity contribution < 1.29 is 23.4 Å². The highest BCUT2D eigenvalue weighted by Gasteiger charge is 2.44. The molecule has 1 aliphatic carbocycles. The lowest BCUT2D eigenvalue weighted by Gasteiger charge is -2.34. The number of alkyl halides is 1. The standard InChI is InChI=1S/C28H28F2N4O3/c1-27(2,10-11-31)25-24(16-6-8-28(30,9-7-16)26(35)36)19-14-21-17(15-32-33-21)12-22(19)34(25)18-4-5-20(29)23(13-18)37-3/h4-5,12-16H,6-10H2,1-3H3,(H,32,33)(H,35,36)/t16-,28+. The number of hydrogen-bond donors (Lipinski definition) is 2. The Morgan fingerprint density at radius 3 is 2.70 bits per heavy atom. The molecule has 0 unspecified atom stereocenters. The van der Waals surface area contributed by atoms with Gasteiger partial charge in [0.1, 0.15) is 0 Å². The lowest BCUT2D eigenvalue weighted by molar-refractivity contribution is -0.153. The number of rotatable bonds is 6. The molecule has 5 rings (SSSR count). The quantitative estimate of drug-likeness (QED) is 0.320. The number of H-pyrrole nitrogens is 1. The Morgan fingerprint density at radius 2 is 2.05 bits per heavy atom. The minimum Gasteiger partial charge on any atom is -0.494 e. The van der Waals surface area contributed by atoms with Crippen molar-refractivity contribution in [3.63, 3.8) is 0 Å². The van der Waals surface area contributed by atoms with Crippen molar-refractivity contribution in [3.05, 3.63) is 53.6 Å². The fourth-order valence-corrected chi connectivity index (χ4v) is 5.74. The maximum Gasteiger partial charge on any atom is 0.341 e. The number of nitrogens with zero attached hydrogens (tertiary/aromatic N) is 3. The first-order chi connectivity index (χ1) is 17.6. The molecule has 9 heteroatoms. The van der Waals surface area contributed by atoms with E-state index in [-0.39, 0.29) is 30.9 Å². The Bertz CT molecular complexity index is 1560.